The summed E-state index contributed by atoms with van der Waals surface area (Å²) in [6, 6.07) is 0. The predicted molar refractivity (Wildman–Crippen MR) is 94.0 cm³/mol. The molecular formula is C16H34BNO2P. The van der Waals surface area contributed by atoms with Crippen LogP contribution in [0.25, 0.3) is 0 Å². The van der Waals surface area contributed by atoms with Gasteiger partial charge in [0.15, 0.2) is 0 Å². The molecule has 0 aromatic rings. The van der Waals surface area contributed by atoms with Crippen LogP contribution in [-0.2, 0) is 9.18 Å². The molecule has 1 fully saturated rings. The van der Waals surface area contributed by atoms with Gasteiger partial charge in [-0.1, -0.05) is 41.5 Å². The summed E-state index contributed by atoms with van der Waals surface area (Å²) in [7, 11) is 2.40. The van der Waals surface area contributed by atoms with Crippen LogP contribution in [0.1, 0.15) is 69.2 Å². The molecule has 0 saturated carbocycles. The molecule has 1 heterocycles. The Hall–Kier alpha value is 0.375. The van der Waals surface area contributed by atoms with Crippen LogP contribution in [0.2, 0.25) is 0 Å². The van der Waals surface area contributed by atoms with Crippen molar-refractivity contribution in [3.05, 3.63) is 0 Å². The van der Waals surface area contributed by atoms with E-state index in [1.54, 1.807) is 0 Å². The molecule has 0 aliphatic carbocycles. The average molecular weight is 314 g/mol. The summed E-state index contributed by atoms with van der Waals surface area (Å²) in [5.74, 6) is 1.06. The van der Waals surface area contributed by atoms with E-state index in [0.29, 0.717) is 20.6 Å². The molecule has 0 amide bonds. The highest BCUT2D eigenvalue weighted by Crippen LogP contribution is 2.49. The largest absolute Gasteiger partial charge is 0.433 e. The number of rotatable bonds is 8. The molecule has 0 spiro atoms. The van der Waals surface area contributed by atoms with Crippen molar-refractivity contribution in [2.75, 3.05) is 0 Å². The lowest BCUT2D eigenvalue weighted by Crippen LogP contribution is -2.39. The van der Waals surface area contributed by atoms with Gasteiger partial charge in [0.25, 0.3) is 0 Å². The van der Waals surface area contributed by atoms with Gasteiger partial charge in [0.05, 0.1) is 5.44 Å². The Morgan fingerprint density at radius 2 is 1.52 bits per heavy atom. The van der Waals surface area contributed by atoms with Gasteiger partial charge in [0.2, 0.25) is 0 Å². The lowest BCUT2D eigenvalue weighted by Gasteiger charge is -2.32. The summed E-state index contributed by atoms with van der Waals surface area (Å²) in [6.45, 7) is 21.9. The molecule has 1 aliphatic heterocycles. The van der Waals surface area contributed by atoms with E-state index in [1.165, 1.54) is 0 Å². The minimum atomic E-state index is -0.315. The van der Waals surface area contributed by atoms with Crippen LogP contribution < -0.4 is 5.32 Å². The molecule has 21 heavy (non-hydrogen) atoms. The van der Waals surface area contributed by atoms with Crippen LogP contribution in [0.5, 0.6) is 0 Å². The lowest BCUT2D eigenvalue weighted by atomic mass is 9.75. The zero-order valence-electron chi connectivity index (χ0n) is 15.5. The summed E-state index contributed by atoms with van der Waals surface area (Å²) in [4.78, 5) is 0. The molecule has 1 radical (unpaired) electrons. The highest BCUT2D eigenvalue weighted by molar-refractivity contribution is 7.34. The normalized spacial score (nSPS) is 30.7. The van der Waals surface area contributed by atoms with Gasteiger partial charge >= 0.3 is 7.48 Å². The molecule has 1 rings (SSSR count). The second-order valence-electron chi connectivity index (χ2n) is 8.43. The summed E-state index contributed by atoms with van der Waals surface area (Å²) >= 11 is 0. The van der Waals surface area contributed by atoms with Crippen molar-refractivity contribution >= 4 is 16.3 Å². The van der Waals surface area contributed by atoms with Crippen molar-refractivity contribution in [1.82, 2.24) is 5.32 Å². The van der Waals surface area contributed by atoms with Gasteiger partial charge in [-0.05, 0) is 39.5 Å². The zero-order valence-corrected chi connectivity index (χ0v) is 16.5. The Morgan fingerprint density at radius 1 is 1.00 bits per heavy atom. The minimum absolute atomic E-state index is 0.159. The van der Waals surface area contributed by atoms with E-state index in [-0.39, 0.29) is 21.9 Å². The van der Waals surface area contributed by atoms with Crippen LogP contribution in [0.3, 0.4) is 0 Å². The fourth-order valence-electron chi connectivity index (χ4n) is 1.49. The third-order valence-corrected chi connectivity index (χ3v) is 6.99. The predicted octanol–water partition coefficient (Wildman–Crippen LogP) is 4.14. The Bertz CT molecular complexity index is 339. The molecule has 0 aromatic heterocycles. The first-order valence-electron chi connectivity index (χ1n) is 8.02. The molecule has 3 nitrogen and oxygen atoms in total. The molecule has 123 valence electrons. The molecule has 1 N–H and O–H groups in total. The molecule has 1 aliphatic rings. The van der Waals surface area contributed by atoms with Crippen LogP contribution in [0.15, 0.2) is 0 Å². The third-order valence-electron chi connectivity index (χ3n) is 5.38. The lowest BCUT2D eigenvalue weighted by molar-refractivity contribution is 0.0595. The van der Waals surface area contributed by atoms with Crippen molar-refractivity contribution in [1.29, 1.82) is 0 Å². The first kappa shape index (κ1) is 19.4. The van der Waals surface area contributed by atoms with E-state index in [4.69, 9.17) is 9.18 Å². The third kappa shape index (κ3) is 4.44. The van der Waals surface area contributed by atoms with Gasteiger partial charge in [-0.25, -0.2) is 0 Å². The van der Waals surface area contributed by atoms with Gasteiger partial charge in [-0.15, -0.1) is 0 Å². The topological polar surface area (TPSA) is 40.4 Å². The second-order valence-corrected chi connectivity index (χ2v) is 10.1. The van der Waals surface area contributed by atoms with Gasteiger partial charge in [-0.3, -0.25) is 5.32 Å². The van der Waals surface area contributed by atoms with Crippen LogP contribution in [0.4, 0.5) is 0 Å². The van der Waals surface area contributed by atoms with Crippen molar-refractivity contribution in [3.8, 4) is 0 Å². The van der Waals surface area contributed by atoms with Gasteiger partial charge in [0, 0.05) is 19.6 Å². The average Bonchev–Trinajstić information content (AvgIpc) is 2.88. The quantitative estimate of drug-likeness (QED) is 0.416. The number of hydrogen-bond acceptors (Lipinski definition) is 3. The molecule has 0 bridgehead atoms. The van der Waals surface area contributed by atoms with Gasteiger partial charge in [-0.2, -0.15) is 0 Å². The Kier molecular flexibility index (Phi) is 5.65. The van der Waals surface area contributed by atoms with E-state index in [9.17, 15) is 0 Å². The Labute approximate surface area is 134 Å². The monoisotopic (exact) mass is 314 g/mol. The van der Waals surface area contributed by atoms with E-state index in [2.05, 4.69) is 74.6 Å². The highest BCUT2D eigenvalue weighted by Gasteiger charge is 2.64. The molecular weight excluding hydrogens is 280 g/mol. The molecule has 3 atom stereocenters. The van der Waals surface area contributed by atoms with Crippen molar-refractivity contribution < 1.29 is 9.18 Å². The van der Waals surface area contributed by atoms with Gasteiger partial charge < -0.3 is 9.18 Å². The molecule has 5 heteroatoms. The zero-order chi connectivity index (χ0) is 16.7. The summed E-state index contributed by atoms with van der Waals surface area (Å²) in [5.41, 5.74) is -0.683. The van der Waals surface area contributed by atoms with Crippen molar-refractivity contribution in [2.45, 2.75) is 91.2 Å². The SMILES string of the molecule is CC(C)C(C)(C)O[B]C1(C)NC1(C)OPC(C)(C)C(C)C. The molecule has 1 saturated heterocycles. The van der Waals surface area contributed by atoms with Crippen LogP contribution in [-0.4, -0.2) is 29.4 Å². The Balaban J connectivity index is 2.53. The molecule has 0 aromatic carbocycles. The van der Waals surface area contributed by atoms with Gasteiger partial charge in [0.1, 0.15) is 5.72 Å². The number of nitrogens with one attached hydrogen (secondary N) is 1. The van der Waals surface area contributed by atoms with E-state index in [0.717, 1.165) is 0 Å². The smallest absolute Gasteiger partial charge is 0.319 e. The first-order valence-corrected chi connectivity index (χ1v) is 8.93. The minimum Gasteiger partial charge on any atom is -0.433 e. The summed E-state index contributed by atoms with van der Waals surface area (Å²) < 4.78 is 12.2. The fraction of sp³-hybridized carbons (Fsp3) is 1.00. The highest BCUT2D eigenvalue weighted by atomic mass is 31.1. The van der Waals surface area contributed by atoms with E-state index < -0.39 is 0 Å². The van der Waals surface area contributed by atoms with E-state index >= 15 is 0 Å². The maximum atomic E-state index is 6.21. The maximum absolute atomic E-state index is 6.21. The maximum Gasteiger partial charge on any atom is 0.319 e. The van der Waals surface area contributed by atoms with E-state index in [1.807, 2.05) is 7.48 Å². The van der Waals surface area contributed by atoms with Crippen molar-refractivity contribution in [3.63, 3.8) is 0 Å². The second kappa shape index (κ2) is 6.11. The first-order chi connectivity index (χ1) is 9.26. The Morgan fingerprint density at radius 3 is 1.95 bits per heavy atom. The van der Waals surface area contributed by atoms with Crippen LogP contribution >= 0.6 is 8.81 Å². The summed E-state index contributed by atoms with van der Waals surface area (Å²) in [5, 5.41) is 3.65. The summed E-state index contributed by atoms with van der Waals surface area (Å²) in [6.07, 6.45) is 0. The standard InChI is InChI=1S/C16H34BNO2P/c1-11(2)13(5,6)19-17-15(9)16(10,18-15)20-21-14(7,8)12(3)4/h11-12,18,21H,1-10H3. The molecule has 3 unspecified atom stereocenters. The van der Waals surface area contributed by atoms with Crippen LogP contribution in [0, 0.1) is 11.8 Å². The number of hydrogen-bond donors (Lipinski definition) is 1. The van der Waals surface area contributed by atoms with Crippen molar-refractivity contribution in [2.24, 2.45) is 11.8 Å². The fourth-order valence-corrected chi connectivity index (χ4v) is 2.46.